The molecule has 0 aliphatic rings. The number of hydrogen-bond donors (Lipinski definition) is 2. The van der Waals surface area contributed by atoms with Gasteiger partial charge in [-0.1, -0.05) is 37.1 Å². The molecular formula is C21H32N4O4. The first kappa shape index (κ1) is 24.1. The van der Waals surface area contributed by atoms with E-state index in [-0.39, 0.29) is 6.61 Å². The fourth-order valence-corrected chi connectivity index (χ4v) is 2.33. The quantitative estimate of drug-likeness (QED) is 0.389. The summed E-state index contributed by atoms with van der Waals surface area (Å²) in [6.45, 7) is 4.59. The van der Waals surface area contributed by atoms with Crippen LogP contribution in [0.15, 0.2) is 34.3 Å². The van der Waals surface area contributed by atoms with E-state index >= 15 is 0 Å². The predicted octanol–water partition coefficient (Wildman–Crippen LogP) is 3.19. The van der Waals surface area contributed by atoms with Crippen LogP contribution in [-0.4, -0.2) is 64.5 Å². The van der Waals surface area contributed by atoms with Gasteiger partial charge in [-0.2, -0.15) is 0 Å². The van der Waals surface area contributed by atoms with Crippen LogP contribution in [0.3, 0.4) is 0 Å². The van der Waals surface area contributed by atoms with Crippen molar-refractivity contribution in [3.05, 3.63) is 35.4 Å². The van der Waals surface area contributed by atoms with Gasteiger partial charge in [-0.05, 0) is 30.9 Å². The minimum absolute atomic E-state index is 0.239. The lowest BCUT2D eigenvalue weighted by Crippen LogP contribution is -2.26. The molecule has 0 radical (unpaired) electrons. The molecule has 0 saturated heterocycles. The monoisotopic (exact) mass is 404 g/mol. The highest BCUT2D eigenvalue weighted by Crippen LogP contribution is 2.00. The van der Waals surface area contributed by atoms with E-state index < -0.39 is 12.2 Å². The highest BCUT2D eigenvalue weighted by Gasteiger charge is 2.00. The molecule has 0 aliphatic carbocycles. The third-order valence-electron chi connectivity index (χ3n) is 3.88. The standard InChI is InChI=1S/C21H32N4O4/c1-3-22-16-18-8-10-19(11-9-18)17-23-14-15-29-21(27)25-13-7-5-4-6-12-24-20(26)28-2/h8-11,16-17H,3-7,12-15H2,1-2H3,(H,24,26)(H,25,27)/b22-16+,23-17+. The highest BCUT2D eigenvalue weighted by atomic mass is 16.5. The van der Waals surface area contributed by atoms with Crippen molar-refractivity contribution in [3.8, 4) is 0 Å². The average molecular weight is 405 g/mol. The highest BCUT2D eigenvalue weighted by molar-refractivity contribution is 5.84. The van der Waals surface area contributed by atoms with Gasteiger partial charge in [0.2, 0.25) is 0 Å². The van der Waals surface area contributed by atoms with Crippen molar-refractivity contribution in [2.24, 2.45) is 9.98 Å². The Bertz CT molecular complexity index is 645. The number of carbonyl (C=O) groups is 2. The number of carbonyl (C=O) groups excluding carboxylic acids is 2. The zero-order chi connectivity index (χ0) is 21.2. The number of amides is 2. The lowest BCUT2D eigenvalue weighted by molar-refractivity contribution is 0.149. The fourth-order valence-electron chi connectivity index (χ4n) is 2.33. The average Bonchev–Trinajstić information content (AvgIpc) is 2.74. The van der Waals surface area contributed by atoms with E-state index in [1.165, 1.54) is 7.11 Å². The molecule has 0 aliphatic heterocycles. The number of unbranched alkanes of at least 4 members (excludes halogenated alkanes) is 3. The molecule has 0 aromatic heterocycles. The van der Waals surface area contributed by atoms with E-state index in [0.717, 1.165) is 43.4 Å². The zero-order valence-electron chi connectivity index (χ0n) is 17.4. The molecule has 0 atom stereocenters. The molecule has 0 unspecified atom stereocenters. The number of aliphatic imine (C=N–C) groups is 2. The van der Waals surface area contributed by atoms with Crippen molar-refractivity contribution in [1.82, 2.24) is 10.6 Å². The molecule has 0 heterocycles. The molecule has 0 spiro atoms. The molecule has 0 bridgehead atoms. The van der Waals surface area contributed by atoms with Crippen LogP contribution in [0.5, 0.6) is 0 Å². The first-order valence-corrected chi connectivity index (χ1v) is 9.98. The van der Waals surface area contributed by atoms with E-state index in [0.29, 0.717) is 19.6 Å². The molecule has 1 aromatic rings. The molecule has 29 heavy (non-hydrogen) atoms. The Kier molecular flexibility index (Phi) is 13.4. The zero-order valence-corrected chi connectivity index (χ0v) is 17.4. The lowest BCUT2D eigenvalue weighted by Gasteiger charge is -2.06. The lowest BCUT2D eigenvalue weighted by atomic mass is 10.1. The summed E-state index contributed by atoms with van der Waals surface area (Å²) >= 11 is 0. The molecule has 8 nitrogen and oxygen atoms in total. The first-order chi connectivity index (χ1) is 14.2. The van der Waals surface area contributed by atoms with Crippen molar-refractivity contribution in [1.29, 1.82) is 0 Å². The molecule has 0 fully saturated rings. The summed E-state index contributed by atoms with van der Waals surface area (Å²) in [7, 11) is 1.34. The maximum Gasteiger partial charge on any atom is 0.407 e. The third-order valence-corrected chi connectivity index (χ3v) is 3.88. The number of rotatable bonds is 13. The second-order valence-electron chi connectivity index (χ2n) is 6.23. The van der Waals surface area contributed by atoms with E-state index in [4.69, 9.17) is 4.74 Å². The number of methoxy groups -OCH3 is 1. The van der Waals surface area contributed by atoms with Gasteiger partial charge in [0.25, 0.3) is 0 Å². The van der Waals surface area contributed by atoms with Crippen LogP contribution in [0.4, 0.5) is 9.59 Å². The smallest absolute Gasteiger partial charge is 0.407 e. The second-order valence-corrected chi connectivity index (χ2v) is 6.23. The van der Waals surface area contributed by atoms with Crippen molar-refractivity contribution in [2.45, 2.75) is 32.6 Å². The Morgan fingerprint density at radius 1 is 0.897 bits per heavy atom. The Morgan fingerprint density at radius 3 is 2.00 bits per heavy atom. The Morgan fingerprint density at radius 2 is 1.45 bits per heavy atom. The maximum atomic E-state index is 11.6. The van der Waals surface area contributed by atoms with Gasteiger partial charge in [-0.3, -0.25) is 9.98 Å². The van der Waals surface area contributed by atoms with Crippen molar-refractivity contribution >= 4 is 24.6 Å². The predicted molar refractivity (Wildman–Crippen MR) is 115 cm³/mol. The minimum Gasteiger partial charge on any atom is -0.453 e. The topological polar surface area (TPSA) is 101 Å². The van der Waals surface area contributed by atoms with Gasteiger partial charge >= 0.3 is 12.2 Å². The SMILES string of the molecule is CC/N=C/c1ccc(/C=N/CCOC(=O)NCCCCCCNC(=O)OC)cc1. The summed E-state index contributed by atoms with van der Waals surface area (Å²) in [5.41, 5.74) is 2.05. The van der Waals surface area contributed by atoms with E-state index in [1.807, 2.05) is 37.4 Å². The first-order valence-electron chi connectivity index (χ1n) is 9.98. The minimum atomic E-state index is -0.424. The molecule has 2 amide bonds. The second kappa shape index (κ2) is 16.1. The van der Waals surface area contributed by atoms with Gasteiger partial charge in [-0.25, -0.2) is 9.59 Å². The Labute approximate surface area is 172 Å². The van der Waals surface area contributed by atoms with Crippen LogP contribution in [0.25, 0.3) is 0 Å². The number of nitrogens with one attached hydrogen (secondary N) is 2. The normalized spacial score (nSPS) is 11.0. The van der Waals surface area contributed by atoms with E-state index in [9.17, 15) is 9.59 Å². The fraction of sp³-hybridized carbons (Fsp3) is 0.524. The summed E-state index contributed by atoms with van der Waals surface area (Å²) < 4.78 is 9.57. The van der Waals surface area contributed by atoms with Crippen LogP contribution in [0.2, 0.25) is 0 Å². The van der Waals surface area contributed by atoms with Crippen LogP contribution in [0.1, 0.15) is 43.7 Å². The summed E-state index contributed by atoms with van der Waals surface area (Å²) in [5.74, 6) is 0. The molecule has 2 N–H and O–H groups in total. The van der Waals surface area contributed by atoms with Gasteiger partial charge in [0.05, 0.1) is 13.7 Å². The summed E-state index contributed by atoms with van der Waals surface area (Å²) in [6, 6.07) is 7.92. The maximum absolute atomic E-state index is 11.6. The van der Waals surface area contributed by atoms with Crippen molar-refractivity contribution in [3.63, 3.8) is 0 Å². The number of alkyl carbamates (subject to hydrolysis) is 2. The van der Waals surface area contributed by atoms with Crippen molar-refractivity contribution in [2.75, 3.05) is 39.9 Å². The number of hydrogen-bond acceptors (Lipinski definition) is 6. The largest absolute Gasteiger partial charge is 0.453 e. The van der Waals surface area contributed by atoms with Gasteiger partial charge in [0, 0.05) is 32.1 Å². The molecular weight excluding hydrogens is 372 g/mol. The van der Waals surface area contributed by atoms with Crippen LogP contribution in [-0.2, 0) is 9.47 Å². The Balaban J connectivity index is 2.01. The number of benzene rings is 1. The summed E-state index contributed by atoms with van der Waals surface area (Å²) in [4.78, 5) is 30.9. The van der Waals surface area contributed by atoms with Gasteiger partial charge in [0.1, 0.15) is 6.61 Å². The van der Waals surface area contributed by atoms with Crippen LogP contribution in [0, 0.1) is 0 Å². The summed E-state index contributed by atoms with van der Waals surface area (Å²) in [6.07, 6.45) is 6.46. The molecule has 1 aromatic carbocycles. The van der Waals surface area contributed by atoms with E-state index in [2.05, 4.69) is 25.4 Å². The summed E-state index contributed by atoms with van der Waals surface area (Å²) in [5, 5.41) is 5.34. The van der Waals surface area contributed by atoms with Gasteiger partial charge in [-0.15, -0.1) is 0 Å². The van der Waals surface area contributed by atoms with E-state index in [1.54, 1.807) is 6.21 Å². The molecule has 8 heteroatoms. The van der Waals surface area contributed by atoms with Crippen LogP contribution >= 0.6 is 0 Å². The van der Waals surface area contributed by atoms with Gasteiger partial charge < -0.3 is 20.1 Å². The number of ether oxygens (including phenoxy) is 2. The third kappa shape index (κ3) is 13.0. The molecule has 160 valence electrons. The van der Waals surface area contributed by atoms with Gasteiger partial charge in [0.15, 0.2) is 0 Å². The van der Waals surface area contributed by atoms with Crippen molar-refractivity contribution < 1.29 is 19.1 Å². The van der Waals surface area contributed by atoms with Crippen LogP contribution < -0.4 is 10.6 Å². The molecule has 1 rings (SSSR count). The Hall–Kier alpha value is -2.90. The number of nitrogens with zero attached hydrogens (tertiary/aromatic N) is 2. The molecule has 0 saturated carbocycles.